The molecule has 7 nitrogen and oxygen atoms in total. The molecule has 1 aliphatic rings. The lowest BCUT2D eigenvalue weighted by Gasteiger charge is -2.18. The minimum absolute atomic E-state index is 0.138. The summed E-state index contributed by atoms with van der Waals surface area (Å²) in [6.07, 6.45) is 3.29. The van der Waals surface area contributed by atoms with Crippen molar-refractivity contribution in [1.82, 2.24) is 15.4 Å². The number of hydrogen-bond acceptors (Lipinski definition) is 5. The number of nitrogens with zero attached hydrogens (tertiary/aromatic N) is 2. The third-order valence-corrected chi connectivity index (χ3v) is 3.07. The van der Waals surface area contributed by atoms with Crippen molar-refractivity contribution in [3.8, 4) is 0 Å². The molecule has 1 N–H and O–H groups in total. The second-order valence-electron chi connectivity index (χ2n) is 4.74. The van der Waals surface area contributed by atoms with Crippen LogP contribution in [0, 0.1) is 0 Å². The van der Waals surface area contributed by atoms with Crippen LogP contribution in [0.15, 0.2) is 24.4 Å². The summed E-state index contributed by atoms with van der Waals surface area (Å²) in [6.45, 7) is 0.379. The van der Waals surface area contributed by atoms with E-state index in [0.717, 1.165) is 6.42 Å². The minimum atomic E-state index is -0.590. The first-order chi connectivity index (χ1) is 10.2. The van der Waals surface area contributed by atoms with Gasteiger partial charge in [-0.25, -0.2) is 5.48 Å². The number of likely N-dealkylation sites (tertiary alicyclic amines) is 1. The third kappa shape index (κ3) is 4.64. The molecule has 0 radical (unpaired) electrons. The van der Waals surface area contributed by atoms with Gasteiger partial charge >= 0.3 is 0 Å². The Morgan fingerprint density at radius 1 is 1.33 bits per heavy atom. The summed E-state index contributed by atoms with van der Waals surface area (Å²) in [5, 5.41) is 0. The Hall–Kier alpha value is -2.28. The van der Waals surface area contributed by atoms with E-state index < -0.39 is 17.6 Å². The minimum Gasteiger partial charge on any atom is -0.327 e. The Bertz CT molecular complexity index is 518. The van der Waals surface area contributed by atoms with Crippen LogP contribution in [0.3, 0.4) is 0 Å². The van der Waals surface area contributed by atoms with Gasteiger partial charge in [0.15, 0.2) is 0 Å². The molecule has 0 aromatic carbocycles. The number of Topliss-reactive ketones (excluding diaryl/α,β-unsaturated/α-hetero) is 1. The summed E-state index contributed by atoms with van der Waals surface area (Å²) < 4.78 is 0. The van der Waals surface area contributed by atoms with E-state index in [1.807, 2.05) is 6.07 Å². The summed E-state index contributed by atoms with van der Waals surface area (Å²) in [6, 6.07) is 5.36. The largest absolute Gasteiger partial charge is 0.327 e. The fraction of sp³-hybridized carbons (Fsp3) is 0.429. The molecule has 0 saturated carbocycles. The second kappa shape index (κ2) is 7.49. The number of ketones is 1. The van der Waals surface area contributed by atoms with Crippen molar-refractivity contribution in [2.45, 2.75) is 25.9 Å². The van der Waals surface area contributed by atoms with Crippen molar-refractivity contribution < 1.29 is 19.2 Å². The van der Waals surface area contributed by atoms with Crippen LogP contribution in [-0.2, 0) is 25.8 Å². The Balaban J connectivity index is 1.76. The van der Waals surface area contributed by atoms with Crippen molar-refractivity contribution in [2.24, 2.45) is 0 Å². The molecule has 0 aliphatic carbocycles. The molecular weight excluding hydrogens is 274 g/mol. The molecule has 0 bridgehead atoms. The zero-order chi connectivity index (χ0) is 15.1. The monoisotopic (exact) mass is 291 g/mol. The number of rotatable bonds is 5. The number of aromatic nitrogens is 1. The van der Waals surface area contributed by atoms with E-state index >= 15 is 0 Å². The smallest absolute Gasteiger partial charge is 0.290 e. The number of carbonyl (C=O) groups is 3. The molecule has 7 heteroatoms. The van der Waals surface area contributed by atoms with Gasteiger partial charge in [-0.1, -0.05) is 6.07 Å². The first-order valence-corrected chi connectivity index (χ1v) is 6.79. The maximum atomic E-state index is 11.7. The van der Waals surface area contributed by atoms with Crippen LogP contribution >= 0.6 is 0 Å². The van der Waals surface area contributed by atoms with Crippen LogP contribution in [0.2, 0.25) is 0 Å². The molecule has 0 spiro atoms. The van der Waals surface area contributed by atoms with Gasteiger partial charge in [0.1, 0.15) is 13.2 Å². The predicted octanol–water partition coefficient (Wildman–Crippen LogP) is 0.211. The summed E-state index contributed by atoms with van der Waals surface area (Å²) >= 11 is 0. The van der Waals surface area contributed by atoms with Crippen LogP contribution in [0.1, 0.15) is 25.0 Å². The van der Waals surface area contributed by atoms with Gasteiger partial charge in [-0.2, -0.15) is 0 Å². The van der Waals surface area contributed by atoms with Crippen molar-refractivity contribution in [1.29, 1.82) is 0 Å². The average molecular weight is 291 g/mol. The number of nitrogens with one attached hydrogen (secondary N) is 1. The molecule has 2 rings (SSSR count). The van der Waals surface area contributed by atoms with E-state index in [-0.39, 0.29) is 19.6 Å². The topological polar surface area (TPSA) is 88.6 Å². The molecule has 112 valence electrons. The van der Waals surface area contributed by atoms with Gasteiger partial charge in [0, 0.05) is 19.2 Å². The number of hydroxylamine groups is 1. The van der Waals surface area contributed by atoms with Gasteiger partial charge in [0.25, 0.3) is 11.8 Å². The fourth-order valence-electron chi connectivity index (χ4n) is 2.00. The zero-order valence-corrected chi connectivity index (χ0v) is 11.6. The van der Waals surface area contributed by atoms with E-state index in [1.54, 1.807) is 18.3 Å². The lowest BCUT2D eigenvalue weighted by molar-refractivity contribution is -0.147. The highest BCUT2D eigenvalue weighted by Crippen LogP contribution is 2.08. The standard InChI is InChI=1S/C14H17N3O4/c18-12-6-2-4-8-17(14(12)20)9-13(19)16-21-10-11-5-1-3-7-15-11/h1,3,5,7H,2,4,6,8-10H2,(H,16,19). The van der Waals surface area contributed by atoms with Gasteiger partial charge in [-0.15, -0.1) is 0 Å². The Labute approximate surface area is 122 Å². The van der Waals surface area contributed by atoms with Gasteiger partial charge < -0.3 is 4.90 Å². The van der Waals surface area contributed by atoms with E-state index in [2.05, 4.69) is 10.5 Å². The molecule has 2 heterocycles. The van der Waals surface area contributed by atoms with Crippen LogP contribution in [0.4, 0.5) is 0 Å². The highest BCUT2D eigenvalue weighted by atomic mass is 16.7. The van der Waals surface area contributed by atoms with Crippen molar-refractivity contribution in [3.63, 3.8) is 0 Å². The van der Waals surface area contributed by atoms with Crippen LogP contribution in [0.5, 0.6) is 0 Å². The number of carbonyl (C=O) groups excluding carboxylic acids is 3. The highest BCUT2D eigenvalue weighted by molar-refractivity contribution is 6.36. The molecule has 1 aromatic heterocycles. The molecular formula is C14H17N3O4. The van der Waals surface area contributed by atoms with E-state index in [0.29, 0.717) is 18.7 Å². The normalized spacial score (nSPS) is 15.7. The lowest BCUT2D eigenvalue weighted by Crippen LogP contribution is -2.42. The SMILES string of the molecule is O=C(CN1CCCCC(=O)C1=O)NOCc1ccccn1. The fourth-order valence-corrected chi connectivity index (χ4v) is 2.00. The van der Waals surface area contributed by atoms with E-state index in [4.69, 9.17) is 4.84 Å². The summed E-state index contributed by atoms with van der Waals surface area (Å²) in [5.74, 6) is -1.49. The zero-order valence-electron chi connectivity index (χ0n) is 11.6. The molecule has 0 unspecified atom stereocenters. The molecule has 1 aliphatic heterocycles. The molecule has 0 atom stereocenters. The number of pyridine rings is 1. The first kappa shape index (κ1) is 15.1. The second-order valence-corrected chi connectivity index (χ2v) is 4.74. The van der Waals surface area contributed by atoms with Crippen molar-refractivity contribution >= 4 is 17.6 Å². The first-order valence-electron chi connectivity index (χ1n) is 6.79. The molecule has 1 fully saturated rings. The van der Waals surface area contributed by atoms with E-state index in [1.165, 1.54) is 4.90 Å². The molecule has 21 heavy (non-hydrogen) atoms. The molecule has 1 saturated heterocycles. The van der Waals surface area contributed by atoms with Crippen molar-refractivity contribution in [3.05, 3.63) is 30.1 Å². The average Bonchev–Trinajstić information content (AvgIpc) is 2.64. The predicted molar refractivity (Wildman–Crippen MR) is 72.6 cm³/mol. The third-order valence-electron chi connectivity index (χ3n) is 3.07. The number of hydrogen-bond donors (Lipinski definition) is 1. The summed E-state index contributed by atoms with van der Waals surface area (Å²) in [4.78, 5) is 45.2. The Morgan fingerprint density at radius 2 is 2.19 bits per heavy atom. The summed E-state index contributed by atoms with van der Waals surface area (Å²) in [5.41, 5.74) is 2.93. The number of amides is 2. The van der Waals surface area contributed by atoms with Crippen LogP contribution < -0.4 is 5.48 Å². The van der Waals surface area contributed by atoms with Gasteiger partial charge in [-0.3, -0.25) is 24.2 Å². The van der Waals surface area contributed by atoms with Gasteiger partial charge in [0.05, 0.1) is 5.69 Å². The van der Waals surface area contributed by atoms with Gasteiger partial charge in [0.2, 0.25) is 5.78 Å². The van der Waals surface area contributed by atoms with Gasteiger partial charge in [-0.05, 0) is 25.0 Å². The maximum absolute atomic E-state index is 11.7. The maximum Gasteiger partial charge on any atom is 0.290 e. The van der Waals surface area contributed by atoms with Crippen LogP contribution in [0.25, 0.3) is 0 Å². The molecule has 2 amide bonds. The highest BCUT2D eigenvalue weighted by Gasteiger charge is 2.25. The summed E-state index contributed by atoms with van der Waals surface area (Å²) in [7, 11) is 0. The Kier molecular flexibility index (Phi) is 5.39. The Morgan fingerprint density at radius 3 is 2.95 bits per heavy atom. The van der Waals surface area contributed by atoms with Crippen LogP contribution in [-0.4, -0.2) is 40.6 Å². The molecule has 1 aromatic rings. The lowest BCUT2D eigenvalue weighted by atomic mass is 10.2. The van der Waals surface area contributed by atoms with Crippen molar-refractivity contribution in [2.75, 3.05) is 13.1 Å². The quantitative estimate of drug-likeness (QED) is 0.619. The van der Waals surface area contributed by atoms with E-state index in [9.17, 15) is 14.4 Å².